The van der Waals surface area contributed by atoms with Gasteiger partial charge in [0.25, 0.3) is 0 Å². The third kappa shape index (κ3) is 4570. The number of hydrogen-bond donors (Lipinski definition) is 0. The van der Waals surface area contributed by atoms with Crippen LogP contribution in [0.2, 0.25) is 0 Å². The molecule has 0 aliphatic carbocycles. The predicted octanol–water partition coefficient (Wildman–Crippen LogP) is -4.49. The summed E-state index contributed by atoms with van der Waals surface area (Å²) >= 11 is 0. The second-order valence-corrected chi connectivity index (χ2v) is 1.47. The summed E-state index contributed by atoms with van der Waals surface area (Å²) in [7, 11) is 0. The topological polar surface area (TPSA) is 120 Å². The Bertz CT molecular complexity index is 118. The minimum Gasteiger partial charge on any atom is -0.550 e. The molecule has 0 aliphatic rings. The number of aliphatic carboxylic acids is 3. The Hall–Kier alpha value is -0.525. The van der Waals surface area contributed by atoms with Crippen molar-refractivity contribution in [3.8, 4) is 0 Å². The molecule has 6 nitrogen and oxygen atoms in total. The first-order valence-corrected chi connectivity index (χ1v) is 2.72. The van der Waals surface area contributed by atoms with Crippen molar-refractivity contribution in [2.45, 2.75) is 20.8 Å². The summed E-state index contributed by atoms with van der Waals surface area (Å²) in [6.45, 7) is 2.92. The van der Waals surface area contributed by atoms with E-state index in [4.69, 9.17) is 29.7 Å². The summed E-state index contributed by atoms with van der Waals surface area (Å²) in [4.78, 5) is 26.7. The van der Waals surface area contributed by atoms with Gasteiger partial charge in [-0.25, -0.2) is 0 Å². The molecular weight excluding hydrogens is 222 g/mol. The molecule has 0 radical (unpaired) electrons. The van der Waals surface area contributed by atoms with Gasteiger partial charge in [-0.15, -0.1) is 0 Å². The van der Waals surface area contributed by atoms with Crippen LogP contribution in [0.15, 0.2) is 0 Å². The van der Waals surface area contributed by atoms with Gasteiger partial charge in [-0.3, -0.25) is 0 Å². The van der Waals surface area contributed by atoms with Crippen LogP contribution in [0.5, 0.6) is 0 Å². The first kappa shape index (κ1) is 29.2. The molecule has 0 amide bonds. The summed E-state index contributed by atoms with van der Waals surface area (Å²) in [6.07, 6.45) is 0. The van der Waals surface area contributed by atoms with Crippen molar-refractivity contribution < 1.29 is 29.7 Å². The molecule has 0 saturated heterocycles. The van der Waals surface area contributed by atoms with Gasteiger partial charge in [0.05, 0.1) is 0 Å². The zero-order valence-electron chi connectivity index (χ0n) is 8.10. The minimum absolute atomic E-state index is 0. The third-order valence-electron chi connectivity index (χ3n) is 0. The largest absolute Gasteiger partial charge is 3.00 e. The van der Waals surface area contributed by atoms with E-state index < -0.39 is 17.9 Å². The molecule has 14 heavy (non-hydrogen) atoms. The molecule has 0 atom stereocenters. The molecular formula is C6H9Al2O6+3. The van der Waals surface area contributed by atoms with Gasteiger partial charge in [0.2, 0.25) is 0 Å². The molecule has 0 saturated carbocycles. The Morgan fingerprint density at radius 1 is 0.643 bits per heavy atom. The second kappa shape index (κ2) is 22.9. The van der Waals surface area contributed by atoms with E-state index in [1.54, 1.807) is 0 Å². The molecule has 0 spiro atoms. The van der Waals surface area contributed by atoms with E-state index >= 15 is 0 Å². The fourth-order valence-corrected chi connectivity index (χ4v) is 0. The van der Waals surface area contributed by atoms with Gasteiger partial charge in [0, 0.05) is 17.9 Å². The summed E-state index contributed by atoms with van der Waals surface area (Å²) in [6, 6.07) is 0. The molecule has 0 heterocycles. The smallest absolute Gasteiger partial charge is 0.550 e. The standard InChI is InChI=1S/3C2H4O2.2Al/c3*1-2(3)4;;/h3*1H3,(H,3,4);;/q;;;2*+3/p-3. The second-order valence-electron chi connectivity index (χ2n) is 1.47. The van der Waals surface area contributed by atoms with Crippen molar-refractivity contribution in [1.82, 2.24) is 0 Å². The van der Waals surface area contributed by atoms with E-state index in [0.717, 1.165) is 20.8 Å². The van der Waals surface area contributed by atoms with Crippen LogP contribution in [-0.2, 0) is 14.4 Å². The van der Waals surface area contributed by atoms with E-state index in [9.17, 15) is 0 Å². The van der Waals surface area contributed by atoms with Crippen LogP contribution in [0.4, 0.5) is 0 Å². The van der Waals surface area contributed by atoms with Crippen molar-refractivity contribution in [2.75, 3.05) is 0 Å². The third-order valence-corrected chi connectivity index (χ3v) is 0. The van der Waals surface area contributed by atoms with Crippen LogP contribution < -0.4 is 15.3 Å². The normalized spacial score (nSPS) is 5.36. The van der Waals surface area contributed by atoms with Crippen LogP contribution in [0.1, 0.15) is 20.8 Å². The van der Waals surface area contributed by atoms with Crippen molar-refractivity contribution in [3.63, 3.8) is 0 Å². The molecule has 0 aromatic rings. The van der Waals surface area contributed by atoms with Crippen molar-refractivity contribution in [2.24, 2.45) is 0 Å². The van der Waals surface area contributed by atoms with Gasteiger partial charge < -0.3 is 29.7 Å². The summed E-state index contributed by atoms with van der Waals surface area (Å²) in [5.74, 6) is -3.25. The van der Waals surface area contributed by atoms with Crippen LogP contribution in [-0.4, -0.2) is 52.6 Å². The fourth-order valence-electron chi connectivity index (χ4n) is 0. The Morgan fingerprint density at radius 2 is 0.643 bits per heavy atom. The molecule has 0 fully saturated rings. The summed E-state index contributed by atoms with van der Waals surface area (Å²) < 4.78 is 0. The molecule has 8 heteroatoms. The molecule has 0 aliphatic heterocycles. The van der Waals surface area contributed by atoms with E-state index in [2.05, 4.69) is 0 Å². The van der Waals surface area contributed by atoms with Gasteiger partial charge in [-0.2, -0.15) is 0 Å². The first-order chi connectivity index (χ1) is 5.20. The van der Waals surface area contributed by atoms with E-state index in [1.165, 1.54) is 0 Å². The van der Waals surface area contributed by atoms with E-state index in [0.29, 0.717) is 0 Å². The van der Waals surface area contributed by atoms with E-state index in [1.807, 2.05) is 0 Å². The average molecular weight is 231 g/mol. The van der Waals surface area contributed by atoms with Crippen LogP contribution >= 0.6 is 0 Å². The number of carboxylic acids is 3. The fraction of sp³-hybridized carbons (Fsp3) is 0.500. The number of carbonyl (C=O) groups is 3. The van der Waals surface area contributed by atoms with Crippen LogP contribution in [0.3, 0.4) is 0 Å². The zero-order valence-corrected chi connectivity index (χ0v) is 10.4. The Morgan fingerprint density at radius 3 is 0.643 bits per heavy atom. The number of hydrogen-bond acceptors (Lipinski definition) is 6. The molecule has 0 bridgehead atoms. The van der Waals surface area contributed by atoms with Crippen molar-refractivity contribution >= 4 is 52.6 Å². The maximum absolute atomic E-state index is 8.89. The molecule has 0 unspecified atom stereocenters. The van der Waals surface area contributed by atoms with E-state index in [-0.39, 0.29) is 34.7 Å². The predicted molar refractivity (Wildman–Crippen MR) is 43.6 cm³/mol. The maximum atomic E-state index is 8.89. The van der Waals surface area contributed by atoms with Gasteiger partial charge in [-0.05, 0) is 20.8 Å². The molecule has 0 rings (SSSR count). The zero-order chi connectivity index (χ0) is 10.7. The first-order valence-electron chi connectivity index (χ1n) is 2.72. The molecule has 0 aromatic carbocycles. The monoisotopic (exact) mass is 231 g/mol. The molecule has 0 aromatic heterocycles. The number of carboxylic acid groups (broad SMARTS) is 3. The Balaban J connectivity index is -0.0000000270. The Kier molecular flexibility index (Phi) is 47.7. The molecule has 72 valence electrons. The van der Waals surface area contributed by atoms with Crippen LogP contribution in [0, 0.1) is 0 Å². The van der Waals surface area contributed by atoms with Gasteiger partial charge in [0.1, 0.15) is 0 Å². The van der Waals surface area contributed by atoms with Crippen LogP contribution in [0.25, 0.3) is 0 Å². The average Bonchev–Trinajstić information content (AvgIpc) is 1.54. The molecule has 0 N–H and O–H groups in total. The summed E-state index contributed by atoms with van der Waals surface area (Å²) in [5.41, 5.74) is 0. The van der Waals surface area contributed by atoms with Gasteiger partial charge in [0.15, 0.2) is 0 Å². The number of carbonyl (C=O) groups excluding carboxylic acids is 3. The maximum Gasteiger partial charge on any atom is 3.00 e. The Labute approximate surface area is 103 Å². The van der Waals surface area contributed by atoms with Gasteiger partial charge >= 0.3 is 34.7 Å². The van der Waals surface area contributed by atoms with Crippen molar-refractivity contribution in [1.29, 1.82) is 0 Å². The SMILES string of the molecule is CC(=O)[O-].CC(=O)[O-].CC(=O)[O-].[Al+3].[Al+3]. The number of rotatable bonds is 0. The summed E-state index contributed by atoms with van der Waals surface area (Å²) in [5, 5.41) is 26.7. The minimum atomic E-state index is -1.08. The van der Waals surface area contributed by atoms with Gasteiger partial charge in [-0.1, -0.05) is 0 Å². The quantitative estimate of drug-likeness (QED) is 0.387. The van der Waals surface area contributed by atoms with Crippen molar-refractivity contribution in [3.05, 3.63) is 0 Å².